The Morgan fingerprint density at radius 3 is 2.02 bits per heavy atom. The Labute approximate surface area is 288 Å². The smallest absolute Gasteiger partial charge is 0.309 e. The zero-order chi connectivity index (χ0) is 36.4. The zero-order valence-corrected chi connectivity index (χ0v) is 30.1. The van der Waals surface area contributed by atoms with Crippen LogP contribution in [0.25, 0.3) is 0 Å². The van der Waals surface area contributed by atoms with E-state index in [1.807, 2.05) is 70.1 Å². The van der Waals surface area contributed by atoms with Crippen molar-refractivity contribution in [1.29, 1.82) is 0 Å². The number of esters is 4. The second kappa shape index (κ2) is 12.6. The molecule has 11 heteroatoms. The number of aliphatic hydroxyl groups excluding tert-OH is 1. The number of ketones is 1. The standard InChI is InChI=1S/C38H51NO10/c1-20-27(43)18-26-32(46-22(3)40)38-21(2)29(49-30(45)19-28(44)31(39(9)10)25-14-12-11-13-15-25)16-17-36(38,8)33(47-23(4)41)34(48-24(5)42)37(20,38)35(26,6)7/h11-15,20,26,28-29,31-34,44H,2,16-19H2,1,3-10H3/t20-,26-,28-,29+,31+,32-,33-,34-,36-,37+,38+/m0/s1. The number of Topliss-reactive ketones (excluding diaryl/α,β-unsaturated/α-hetero) is 1. The molecule has 11 nitrogen and oxygen atoms in total. The maximum atomic E-state index is 14.0. The van der Waals surface area contributed by atoms with Gasteiger partial charge in [-0.25, -0.2) is 0 Å². The van der Waals surface area contributed by atoms with Gasteiger partial charge in [0.15, 0.2) is 0 Å². The Balaban J connectivity index is 1.64. The summed E-state index contributed by atoms with van der Waals surface area (Å²) in [5, 5.41) is 11.3. The first-order valence-corrected chi connectivity index (χ1v) is 17.1. The van der Waals surface area contributed by atoms with Gasteiger partial charge in [0.05, 0.1) is 24.0 Å². The molecule has 49 heavy (non-hydrogen) atoms. The number of hydrogen-bond acceptors (Lipinski definition) is 11. The van der Waals surface area contributed by atoms with Gasteiger partial charge in [-0.05, 0) is 43.5 Å². The summed E-state index contributed by atoms with van der Waals surface area (Å²) in [6.45, 7) is 16.2. The number of likely N-dealkylation sites (N-methyl/N-ethyl adjacent to an activating group) is 1. The molecule has 2 bridgehead atoms. The molecule has 4 fully saturated rings. The first-order valence-electron chi connectivity index (χ1n) is 17.1. The number of rotatable bonds is 9. The monoisotopic (exact) mass is 681 g/mol. The van der Waals surface area contributed by atoms with Crippen LogP contribution in [0.2, 0.25) is 0 Å². The normalized spacial score (nSPS) is 37.0. The maximum absolute atomic E-state index is 14.0. The fourth-order valence-electron chi connectivity index (χ4n) is 11.3. The van der Waals surface area contributed by atoms with Crippen molar-refractivity contribution in [3.8, 4) is 0 Å². The van der Waals surface area contributed by atoms with Crippen LogP contribution in [-0.2, 0) is 42.9 Å². The second-order valence-electron chi connectivity index (χ2n) is 15.5. The number of carbonyl (C=O) groups excluding carboxylic acids is 5. The van der Waals surface area contributed by atoms with Crippen molar-refractivity contribution in [2.24, 2.45) is 33.5 Å². The van der Waals surface area contributed by atoms with Crippen LogP contribution in [-0.4, -0.2) is 84.3 Å². The Kier molecular flexibility index (Phi) is 9.47. The highest BCUT2D eigenvalue weighted by Crippen LogP contribution is 2.86. The van der Waals surface area contributed by atoms with E-state index in [4.69, 9.17) is 18.9 Å². The Morgan fingerprint density at radius 2 is 1.47 bits per heavy atom. The lowest BCUT2D eigenvalue weighted by atomic mass is 9.42. The van der Waals surface area contributed by atoms with Gasteiger partial charge in [0, 0.05) is 49.9 Å². The molecule has 1 N–H and O–H groups in total. The molecule has 4 saturated carbocycles. The number of carbonyl (C=O) groups is 5. The number of fused-ring (bicyclic) bond motifs is 1. The molecule has 0 aromatic heterocycles. The number of aliphatic hydroxyl groups is 1. The van der Waals surface area contributed by atoms with Crippen molar-refractivity contribution in [1.82, 2.24) is 4.90 Å². The third kappa shape index (κ3) is 5.08. The number of nitrogens with zero attached hydrogens (tertiary/aromatic N) is 1. The highest BCUT2D eigenvalue weighted by molar-refractivity contribution is 5.86. The van der Waals surface area contributed by atoms with E-state index < -0.39 is 93.9 Å². The third-order valence-corrected chi connectivity index (χ3v) is 12.7. The predicted molar refractivity (Wildman–Crippen MR) is 177 cm³/mol. The van der Waals surface area contributed by atoms with Crippen LogP contribution in [0.15, 0.2) is 42.5 Å². The average Bonchev–Trinajstić information content (AvgIpc) is 3.23. The van der Waals surface area contributed by atoms with Crippen LogP contribution in [0, 0.1) is 33.5 Å². The lowest BCUT2D eigenvalue weighted by Gasteiger charge is -2.60. The van der Waals surface area contributed by atoms with Gasteiger partial charge in [-0.2, -0.15) is 0 Å². The van der Waals surface area contributed by atoms with E-state index in [0.29, 0.717) is 12.0 Å². The number of benzene rings is 1. The molecule has 0 unspecified atom stereocenters. The SMILES string of the molecule is C=C1[C@H](OC(=O)C[C@H](O)[C@@H](c2ccccc2)N(C)C)CC[C@@]2(C)[C@@H](OC(C)=O)[C@H](OC(C)=O)[C@@]34[C@@H](C)C(=O)C[C@@H]([C@H](OC(C)=O)[C@@]132)C4(C)C. The largest absolute Gasteiger partial charge is 0.461 e. The summed E-state index contributed by atoms with van der Waals surface area (Å²) in [7, 11) is 3.65. The van der Waals surface area contributed by atoms with Gasteiger partial charge in [-0.15, -0.1) is 0 Å². The lowest BCUT2D eigenvalue weighted by Crippen LogP contribution is -2.63. The van der Waals surface area contributed by atoms with Crippen LogP contribution in [0.1, 0.15) is 85.8 Å². The molecule has 268 valence electrons. The summed E-state index contributed by atoms with van der Waals surface area (Å²) in [5.41, 5.74) is -3.22. The van der Waals surface area contributed by atoms with E-state index in [1.54, 1.807) is 6.92 Å². The molecular formula is C38H51NO10. The number of hydrogen-bond donors (Lipinski definition) is 1. The molecule has 0 aliphatic heterocycles. The summed E-state index contributed by atoms with van der Waals surface area (Å²) >= 11 is 0. The van der Waals surface area contributed by atoms with E-state index in [-0.39, 0.29) is 25.0 Å². The van der Waals surface area contributed by atoms with Crippen LogP contribution >= 0.6 is 0 Å². The predicted octanol–water partition coefficient (Wildman–Crippen LogP) is 4.35. The molecule has 0 amide bonds. The number of ether oxygens (including phenoxy) is 4. The van der Waals surface area contributed by atoms with Gasteiger partial charge in [0.2, 0.25) is 0 Å². The van der Waals surface area contributed by atoms with Crippen molar-refractivity contribution in [3.63, 3.8) is 0 Å². The zero-order valence-electron chi connectivity index (χ0n) is 30.1. The minimum Gasteiger partial charge on any atom is -0.461 e. The molecular weight excluding hydrogens is 630 g/mol. The van der Waals surface area contributed by atoms with Gasteiger partial charge < -0.3 is 29.0 Å². The van der Waals surface area contributed by atoms with Gasteiger partial charge in [0.1, 0.15) is 30.2 Å². The van der Waals surface area contributed by atoms with Crippen molar-refractivity contribution in [2.45, 2.75) is 111 Å². The Bertz CT molecular complexity index is 1540. The summed E-state index contributed by atoms with van der Waals surface area (Å²) in [6, 6.07) is 8.91. The lowest BCUT2D eigenvalue weighted by molar-refractivity contribution is -0.194. The molecule has 2 spiro atoms. The van der Waals surface area contributed by atoms with Gasteiger partial charge in [-0.1, -0.05) is 64.6 Å². The highest BCUT2D eigenvalue weighted by Gasteiger charge is 2.92. The van der Waals surface area contributed by atoms with Gasteiger partial charge >= 0.3 is 23.9 Å². The molecule has 4 aliphatic carbocycles. The van der Waals surface area contributed by atoms with Gasteiger partial charge in [0.25, 0.3) is 0 Å². The second-order valence-corrected chi connectivity index (χ2v) is 15.5. The van der Waals surface area contributed by atoms with Crippen molar-refractivity contribution >= 4 is 29.7 Å². The molecule has 0 heterocycles. The summed E-state index contributed by atoms with van der Waals surface area (Å²) < 4.78 is 24.8. The Hall–Kier alpha value is -3.57. The maximum Gasteiger partial charge on any atom is 0.309 e. The van der Waals surface area contributed by atoms with Crippen LogP contribution in [0.3, 0.4) is 0 Å². The molecule has 1 aromatic carbocycles. The van der Waals surface area contributed by atoms with E-state index in [1.165, 1.54) is 20.8 Å². The highest BCUT2D eigenvalue weighted by atomic mass is 16.6. The average molecular weight is 682 g/mol. The van der Waals surface area contributed by atoms with Crippen molar-refractivity contribution in [2.75, 3.05) is 14.1 Å². The van der Waals surface area contributed by atoms with Crippen LogP contribution in [0.5, 0.6) is 0 Å². The summed E-state index contributed by atoms with van der Waals surface area (Å²) in [5.74, 6) is -3.75. The van der Waals surface area contributed by atoms with Crippen LogP contribution < -0.4 is 0 Å². The first-order chi connectivity index (χ1) is 22.8. The molecule has 0 saturated heterocycles. The molecule has 4 aliphatic rings. The van der Waals surface area contributed by atoms with Crippen molar-refractivity contribution < 1.29 is 48.0 Å². The quantitative estimate of drug-likeness (QED) is 0.226. The fraction of sp³-hybridized carbons (Fsp3) is 0.658. The van der Waals surface area contributed by atoms with E-state index in [2.05, 4.69) is 6.58 Å². The Morgan fingerprint density at radius 1 is 0.918 bits per heavy atom. The van der Waals surface area contributed by atoms with E-state index in [0.717, 1.165) is 5.56 Å². The van der Waals surface area contributed by atoms with E-state index >= 15 is 0 Å². The van der Waals surface area contributed by atoms with E-state index in [9.17, 15) is 29.1 Å². The molecule has 11 atom stereocenters. The fourth-order valence-corrected chi connectivity index (χ4v) is 11.3. The third-order valence-electron chi connectivity index (χ3n) is 12.7. The van der Waals surface area contributed by atoms with Gasteiger partial charge in [-0.3, -0.25) is 24.0 Å². The first kappa shape index (κ1) is 36.7. The summed E-state index contributed by atoms with van der Waals surface area (Å²) in [6.07, 6.45) is -4.67. The minimum atomic E-state index is -1.33. The van der Waals surface area contributed by atoms with Crippen LogP contribution in [0.4, 0.5) is 0 Å². The molecule has 5 rings (SSSR count). The van der Waals surface area contributed by atoms with Crippen molar-refractivity contribution in [3.05, 3.63) is 48.0 Å². The molecule has 1 aromatic rings. The molecule has 0 radical (unpaired) electrons. The minimum absolute atomic E-state index is 0.0907. The topological polar surface area (TPSA) is 146 Å². The summed E-state index contributed by atoms with van der Waals surface area (Å²) in [4.78, 5) is 68.2.